The molecule has 1 aromatic carbocycles. The van der Waals surface area contributed by atoms with Crippen molar-refractivity contribution in [3.05, 3.63) is 59.1 Å². The van der Waals surface area contributed by atoms with Gasteiger partial charge in [0.25, 0.3) is 0 Å². The Hall–Kier alpha value is -2.20. The van der Waals surface area contributed by atoms with E-state index in [-0.39, 0.29) is 17.3 Å². The summed E-state index contributed by atoms with van der Waals surface area (Å²) >= 11 is 6.19. The van der Waals surface area contributed by atoms with Crippen LogP contribution in [0, 0.1) is 5.82 Å². The summed E-state index contributed by atoms with van der Waals surface area (Å²) in [5.74, 6) is -0.567. The number of imidazole rings is 1. The second-order valence-corrected chi connectivity index (χ2v) is 4.80. The fraction of sp³-hybridized carbons (Fsp3) is 0.0667. The highest BCUT2D eigenvalue weighted by atomic mass is 35.5. The van der Waals surface area contributed by atoms with Gasteiger partial charge in [0.15, 0.2) is 5.78 Å². The zero-order chi connectivity index (χ0) is 14.3. The fourth-order valence-corrected chi connectivity index (χ4v) is 2.45. The minimum Gasteiger partial charge on any atom is -0.293 e. The molecule has 100 valence electrons. The Morgan fingerprint density at radius 2 is 2.00 bits per heavy atom. The largest absolute Gasteiger partial charge is 0.293 e. The zero-order valence-corrected chi connectivity index (χ0v) is 11.4. The Morgan fingerprint density at radius 3 is 2.70 bits per heavy atom. The van der Waals surface area contributed by atoms with E-state index < -0.39 is 0 Å². The third-order valence-corrected chi connectivity index (χ3v) is 3.32. The number of hydrogen-bond acceptors (Lipinski definition) is 2. The molecule has 2 heterocycles. The van der Waals surface area contributed by atoms with Gasteiger partial charge in [-0.15, -0.1) is 0 Å². The normalized spacial score (nSPS) is 10.9. The van der Waals surface area contributed by atoms with Gasteiger partial charge >= 0.3 is 0 Å². The second-order valence-electron chi connectivity index (χ2n) is 4.42. The highest BCUT2D eigenvalue weighted by Gasteiger charge is 2.19. The number of nitrogens with zero attached hydrogens (tertiary/aromatic N) is 2. The Balaban J connectivity index is 2.43. The average Bonchev–Trinajstić information content (AvgIpc) is 2.80. The van der Waals surface area contributed by atoms with E-state index in [4.69, 9.17) is 11.6 Å². The molecule has 0 unspecified atom stereocenters. The van der Waals surface area contributed by atoms with E-state index in [0.29, 0.717) is 22.1 Å². The van der Waals surface area contributed by atoms with Crippen molar-refractivity contribution in [1.82, 2.24) is 9.38 Å². The van der Waals surface area contributed by atoms with Crippen molar-refractivity contribution < 1.29 is 9.18 Å². The van der Waals surface area contributed by atoms with Crippen LogP contribution in [0.25, 0.3) is 16.9 Å². The van der Waals surface area contributed by atoms with Crippen LogP contribution in [0.2, 0.25) is 5.15 Å². The first-order chi connectivity index (χ1) is 9.58. The second kappa shape index (κ2) is 4.72. The molecular weight excluding hydrogens is 279 g/mol. The molecule has 0 atom stereocenters. The topological polar surface area (TPSA) is 34.4 Å². The van der Waals surface area contributed by atoms with Crippen LogP contribution in [0.5, 0.6) is 0 Å². The Bertz CT molecular complexity index is 826. The first kappa shape index (κ1) is 12.8. The summed E-state index contributed by atoms with van der Waals surface area (Å²) in [6.45, 7) is 1.43. The van der Waals surface area contributed by atoms with Crippen molar-refractivity contribution in [3.8, 4) is 11.3 Å². The van der Waals surface area contributed by atoms with Crippen LogP contribution in [0.1, 0.15) is 17.4 Å². The van der Waals surface area contributed by atoms with Gasteiger partial charge in [-0.3, -0.25) is 9.20 Å². The summed E-state index contributed by atoms with van der Waals surface area (Å²) in [6.07, 6.45) is 0. The van der Waals surface area contributed by atoms with Crippen molar-refractivity contribution in [2.75, 3.05) is 0 Å². The summed E-state index contributed by atoms with van der Waals surface area (Å²) in [7, 11) is 0. The number of hydrogen-bond donors (Lipinski definition) is 0. The minimum absolute atomic E-state index is 0.191. The molecule has 0 spiro atoms. The summed E-state index contributed by atoms with van der Waals surface area (Å²) in [4.78, 5) is 16.1. The number of pyridine rings is 1. The fourth-order valence-electron chi connectivity index (χ4n) is 2.20. The van der Waals surface area contributed by atoms with Crippen LogP contribution < -0.4 is 0 Å². The SMILES string of the molecule is CC(=O)c1nc2cccc(Cl)n2c1-c1cccc(F)c1. The van der Waals surface area contributed by atoms with Crippen molar-refractivity contribution in [1.29, 1.82) is 0 Å². The Kier molecular flexibility index (Phi) is 3.03. The maximum absolute atomic E-state index is 13.4. The van der Waals surface area contributed by atoms with E-state index in [1.54, 1.807) is 34.7 Å². The summed E-state index contributed by atoms with van der Waals surface area (Å²) in [6, 6.07) is 11.2. The number of rotatable bonds is 2. The monoisotopic (exact) mass is 288 g/mol. The standard InChI is InChI=1S/C15H10ClFN2O/c1-9(20)14-15(10-4-2-5-11(17)8-10)19-12(16)6-3-7-13(19)18-14/h2-8H,1H3. The lowest BCUT2D eigenvalue weighted by molar-refractivity contribution is 0.101. The molecule has 0 aliphatic rings. The molecule has 0 bridgehead atoms. The summed E-state index contributed by atoms with van der Waals surface area (Å²) in [5, 5.41) is 0.418. The molecule has 3 nitrogen and oxygen atoms in total. The van der Waals surface area contributed by atoms with Crippen LogP contribution in [0.15, 0.2) is 42.5 Å². The molecule has 3 aromatic rings. The highest BCUT2D eigenvalue weighted by Crippen LogP contribution is 2.29. The lowest BCUT2D eigenvalue weighted by atomic mass is 10.1. The third-order valence-electron chi connectivity index (χ3n) is 3.03. The molecule has 0 saturated heterocycles. The molecule has 5 heteroatoms. The van der Waals surface area contributed by atoms with Gasteiger partial charge in [-0.2, -0.15) is 0 Å². The average molecular weight is 289 g/mol. The third kappa shape index (κ3) is 1.98. The smallest absolute Gasteiger partial charge is 0.180 e. The predicted octanol–water partition coefficient (Wildman–Crippen LogP) is 4.00. The Morgan fingerprint density at radius 1 is 1.25 bits per heavy atom. The van der Waals surface area contributed by atoms with Gasteiger partial charge in [-0.1, -0.05) is 29.8 Å². The van der Waals surface area contributed by atoms with Crippen LogP contribution >= 0.6 is 11.6 Å². The molecule has 0 amide bonds. The van der Waals surface area contributed by atoms with Crippen LogP contribution in [-0.4, -0.2) is 15.2 Å². The minimum atomic E-state index is -0.376. The van der Waals surface area contributed by atoms with Gasteiger partial charge in [0.05, 0.1) is 5.69 Å². The highest BCUT2D eigenvalue weighted by molar-refractivity contribution is 6.30. The van der Waals surface area contributed by atoms with Crippen LogP contribution in [0.4, 0.5) is 4.39 Å². The molecule has 0 fully saturated rings. The predicted molar refractivity (Wildman–Crippen MR) is 75.6 cm³/mol. The lowest BCUT2D eigenvalue weighted by Crippen LogP contribution is -1.98. The van der Waals surface area contributed by atoms with Gasteiger partial charge in [-0.25, -0.2) is 9.37 Å². The quantitative estimate of drug-likeness (QED) is 0.528. The summed E-state index contributed by atoms with van der Waals surface area (Å²) < 4.78 is 15.1. The number of Topliss-reactive ketones (excluding diaryl/α,β-unsaturated/α-hetero) is 1. The molecule has 0 N–H and O–H groups in total. The van der Waals surface area contributed by atoms with Gasteiger partial charge in [0.1, 0.15) is 22.3 Å². The summed E-state index contributed by atoms with van der Waals surface area (Å²) in [5.41, 5.74) is 1.92. The first-order valence-corrected chi connectivity index (χ1v) is 6.39. The van der Waals surface area contributed by atoms with E-state index in [0.717, 1.165) is 0 Å². The molecule has 2 aromatic heterocycles. The maximum Gasteiger partial charge on any atom is 0.180 e. The van der Waals surface area contributed by atoms with E-state index in [9.17, 15) is 9.18 Å². The number of carbonyl (C=O) groups is 1. The van der Waals surface area contributed by atoms with Crippen molar-refractivity contribution in [2.24, 2.45) is 0 Å². The van der Waals surface area contributed by atoms with E-state index in [1.165, 1.54) is 19.1 Å². The van der Waals surface area contributed by atoms with Crippen molar-refractivity contribution in [2.45, 2.75) is 6.92 Å². The molecule has 0 saturated carbocycles. The van der Waals surface area contributed by atoms with E-state index in [1.807, 2.05) is 0 Å². The van der Waals surface area contributed by atoms with Crippen molar-refractivity contribution in [3.63, 3.8) is 0 Å². The van der Waals surface area contributed by atoms with E-state index >= 15 is 0 Å². The molecule has 3 rings (SSSR count). The van der Waals surface area contributed by atoms with E-state index in [2.05, 4.69) is 4.98 Å². The number of benzene rings is 1. The van der Waals surface area contributed by atoms with Gasteiger partial charge in [0.2, 0.25) is 0 Å². The molecule has 0 aliphatic heterocycles. The number of aromatic nitrogens is 2. The number of halogens is 2. The first-order valence-electron chi connectivity index (χ1n) is 6.02. The number of ketones is 1. The Labute approximate surface area is 119 Å². The zero-order valence-electron chi connectivity index (χ0n) is 10.6. The molecule has 0 radical (unpaired) electrons. The van der Waals surface area contributed by atoms with Crippen LogP contribution in [-0.2, 0) is 0 Å². The number of carbonyl (C=O) groups excluding carboxylic acids is 1. The van der Waals surface area contributed by atoms with Gasteiger partial charge in [-0.05, 0) is 24.3 Å². The molecular formula is C15H10ClFN2O. The van der Waals surface area contributed by atoms with Gasteiger partial charge < -0.3 is 0 Å². The van der Waals surface area contributed by atoms with Crippen LogP contribution in [0.3, 0.4) is 0 Å². The maximum atomic E-state index is 13.4. The number of fused-ring (bicyclic) bond motifs is 1. The van der Waals surface area contributed by atoms with Gasteiger partial charge in [0, 0.05) is 12.5 Å². The molecule has 20 heavy (non-hydrogen) atoms. The van der Waals surface area contributed by atoms with Crippen molar-refractivity contribution >= 4 is 23.0 Å². The lowest BCUT2D eigenvalue weighted by Gasteiger charge is -2.05. The molecule has 0 aliphatic carbocycles.